The predicted octanol–water partition coefficient (Wildman–Crippen LogP) is 5.73. The molecule has 6 heteroatoms. The quantitative estimate of drug-likeness (QED) is 0.328. The van der Waals surface area contributed by atoms with E-state index in [-0.39, 0.29) is 10.8 Å². The van der Waals surface area contributed by atoms with Gasteiger partial charge in [0.1, 0.15) is 4.90 Å². The summed E-state index contributed by atoms with van der Waals surface area (Å²) >= 11 is 0. The number of hydrogen-bond donors (Lipinski definition) is 1. The van der Waals surface area contributed by atoms with Gasteiger partial charge in [0.05, 0.1) is 12.2 Å². The first-order valence-corrected chi connectivity index (χ1v) is 13.4. The van der Waals surface area contributed by atoms with Crippen molar-refractivity contribution in [2.75, 3.05) is 6.54 Å². The largest absolute Gasteiger partial charge is 0.267 e. The molecular weight excluding hydrogens is 454 g/mol. The summed E-state index contributed by atoms with van der Waals surface area (Å²) in [6.45, 7) is 6.81. The highest BCUT2D eigenvalue weighted by molar-refractivity contribution is 7.89. The number of nitrogens with one attached hydrogen (secondary N) is 1. The topological polar surface area (TPSA) is 64.0 Å². The molecule has 1 heterocycles. The number of rotatable bonds is 9. The first-order chi connectivity index (χ1) is 16.7. The molecule has 0 aliphatic heterocycles. The molecule has 3 aromatic carbocycles. The number of nitrogens with zero attached hydrogens (tertiary/aromatic N) is 2. The Morgan fingerprint density at radius 2 is 1.34 bits per heavy atom. The Kier molecular flexibility index (Phi) is 7.53. The molecule has 0 bridgehead atoms. The average Bonchev–Trinajstić information content (AvgIpc) is 3.29. The lowest BCUT2D eigenvalue weighted by Gasteiger charge is -2.20. The molecule has 0 aliphatic carbocycles. The van der Waals surface area contributed by atoms with Crippen molar-refractivity contribution in [3.63, 3.8) is 0 Å². The van der Waals surface area contributed by atoms with Gasteiger partial charge in [-0.25, -0.2) is 13.1 Å². The van der Waals surface area contributed by atoms with Gasteiger partial charge in [0.25, 0.3) is 0 Å². The lowest BCUT2D eigenvalue weighted by Crippen LogP contribution is -2.28. The minimum Gasteiger partial charge on any atom is -0.267 e. The van der Waals surface area contributed by atoms with Crippen LogP contribution in [0, 0.1) is 0 Å². The molecule has 0 spiro atoms. The van der Waals surface area contributed by atoms with Crippen LogP contribution in [0.2, 0.25) is 0 Å². The van der Waals surface area contributed by atoms with Gasteiger partial charge in [0.15, 0.2) is 0 Å². The van der Waals surface area contributed by atoms with Crippen LogP contribution >= 0.6 is 0 Å². The van der Waals surface area contributed by atoms with E-state index < -0.39 is 15.4 Å². The van der Waals surface area contributed by atoms with Crippen molar-refractivity contribution in [1.82, 2.24) is 14.5 Å². The fourth-order valence-corrected chi connectivity index (χ4v) is 5.69. The zero-order valence-corrected chi connectivity index (χ0v) is 21.4. The number of hydrogen-bond acceptors (Lipinski definition) is 3. The van der Waals surface area contributed by atoms with Crippen LogP contribution in [0.15, 0.2) is 102 Å². The van der Waals surface area contributed by atoms with Crippen molar-refractivity contribution in [2.45, 2.75) is 50.0 Å². The van der Waals surface area contributed by atoms with E-state index in [1.54, 1.807) is 10.9 Å². The van der Waals surface area contributed by atoms with Crippen molar-refractivity contribution in [3.8, 4) is 0 Å². The van der Waals surface area contributed by atoms with Crippen LogP contribution in [0.4, 0.5) is 0 Å². The minimum absolute atomic E-state index is 0.1000. The normalized spacial score (nSPS) is 12.2. The number of benzene rings is 3. The molecule has 0 atom stereocenters. The fourth-order valence-electron chi connectivity index (χ4n) is 4.28. The first-order valence-electron chi connectivity index (χ1n) is 12.0. The fraction of sp³-hybridized carbons (Fsp3) is 0.276. The van der Waals surface area contributed by atoms with Crippen LogP contribution in [0.1, 0.15) is 55.5 Å². The molecule has 182 valence electrons. The molecule has 0 saturated carbocycles. The summed E-state index contributed by atoms with van der Waals surface area (Å²) in [4.78, 5) is 0.247. The molecule has 4 rings (SSSR count). The van der Waals surface area contributed by atoms with Gasteiger partial charge in [0, 0.05) is 24.1 Å². The maximum atomic E-state index is 13.5. The molecule has 5 nitrogen and oxygen atoms in total. The third-order valence-corrected chi connectivity index (χ3v) is 7.51. The Labute approximate surface area is 208 Å². The minimum atomic E-state index is -3.74. The molecule has 1 aromatic heterocycles. The van der Waals surface area contributed by atoms with E-state index in [1.807, 2.05) is 87.5 Å². The maximum Gasteiger partial charge on any atom is 0.243 e. The van der Waals surface area contributed by atoms with Gasteiger partial charge in [-0.2, -0.15) is 5.10 Å². The number of aromatic nitrogens is 2. The van der Waals surface area contributed by atoms with Crippen LogP contribution in [-0.2, 0) is 22.0 Å². The third-order valence-electron chi connectivity index (χ3n) is 6.04. The second kappa shape index (κ2) is 10.6. The second-order valence-electron chi connectivity index (χ2n) is 9.84. The summed E-state index contributed by atoms with van der Waals surface area (Å²) in [5, 5.41) is 4.68. The summed E-state index contributed by atoms with van der Waals surface area (Å²) in [5.41, 5.74) is 3.57. The van der Waals surface area contributed by atoms with Gasteiger partial charge in [-0.15, -0.1) is 0 Å². The standard InChI is InChI=1S/C29H33N3O2S/c1-29(2,3)28-27(22-32(31-28)21-23-13-7-4-8-14-23)35(33,34)30-20-19-26(24-15-9-5-10-16-24)25-17-11-6-12-18-25/h4-18,22,26,30H,19-21H2,1-3H3. The summed E-state index contributed by atoms with van der Waals surface area (Å²) in [6.07, 6.45) is 2.30. The maximum absolute atomic E-state index is 13.5. The summed E-state index contributed by atoms with van der Waals surface area (Å²) in [7, 11) is -3.74. The Balaban J connectivity index is 1.55. The van der Waals surface area contributed by atoms with Crippen LogP contribution < -0.4 is 4.72 Å². The van der Waals surface area contributed by atoms with Gasteiger partial charge in [-0.1, -0.05) is 112 Å². The lowest BCUT2D eigenvalue weighted by molar-refractivity contribution is 0.530. The zero-order chi connectivity index (χ0) is 24.9. The first kappa shape index (κ1) is 24.9. The van der Waals surface area contributed by atoms with Gasteiger partial charge < -0.3 is 0 Å². The Morgan fingerprint density at radius 3 is 1.86 bits per heavy atom. The van der Waals surface area contributed by atoms with Gasteiger partial charge >= 0.3 is 0 Å². The molecular formula is C29H33N3O2S. The van der Waals surface area contributed by atoms with E-state index in [0.717, 1.165) is 5.56 Å². The highest BCUT2D eigenvalue weighted by Crippen LogP contribution is 2.30. The van der Waals surface area contributed by atoms with Crippen molar-refractivity contribution in [3.05, 3.63) is 120 Å². The highest BCUT2D eigenvalue weighted by atomic mass is 32.2. The van der Waals surface area contributed by atoms with Crippen LogP contribution in [-0.4, -0.2) is 24.7 Å². The molecule has 0 saturated heterocycles. The molecule has 35 heavy (non-hydrogen) atoms. The van der Waals surface area contributed by atoms with Gasteiger partial charge in [-0.05, 0) is 23.1 Å². The molecule has 0 aliphatic rings. The number of sulfonamides is 1. The van der Waals surface area contributed by atoms with Gasteiger partial charge in [-0.3, -0.25) is 4.68 Å². The highest BCUT2D eigenvalue weighted by Gasteiger charge is 2.30. The summed E-state index contributed by atoms with van der Waals surface area (Å²) in [5.74, 6) is 0.1000. The average molecular weight is 488 g/mol. The molecule has 0 unspecified atom stereocenters. The lowest BCUT2D eigenvalue weighted by atomic mass is 9.89. The molecule has 0 amide bonds. The predicted molar refractivity (Wildman–Crippen MR) is 141 cm³/mol. The summed E-state index contributed by atoms with van der Waals surface area (Å²) < 4.78 is 31.5. The van der Waals surface area contributed by atoms with Crippen molar-refractivity contribution in [2.24, 2.45) is 0 Å². The van der Waals surface area contributed by atoms with E-state index in [2.05, 4.69) is 34.1 Å². The van der Waals surface area contributed by atoms with E-state index in [4.69, 9.17) is 0 Å². The Morgan fingerprint density at radius 1 is 0.829 bits per heavy atom. The van der Waals surface area contributed by atoms with E-state index in [9.17, 15) is 8.42 Å². The van der Waals surface area contributed by atoms with Crippen LogP contribution in [0.5, 0.6) is 0 Å². The SMILES string of the molecule is CC(C)(C)c1nn(Cc2ccccc2)cc1S(=O)(=O)NCCC(c1ccccc1)c1ccccc1. The smallest absolute Gasteiger partial charge is 0.243 e. The molecule has 0 radical (unpaired) electrons. The van der Waals surface area contributed by atoms with Crippen molar-refractivity contribution < 1.29 is 8.42 Å². The van der Waals surface area contributed by atoms with E-state index in [0.29, 0.717) is 25.2 Å². The molecule has 4 aromatic rings. The van der Waals surface area contributed by atoms with Crippen LogP contribution in [0.3, 0.4) is 0 Å². The van der Waals surface area contributed by atoms with Crippen LogP contribution in [0.25, 0.3) is 0 Å². The second-order valence-corrected chi connectivity index (χ2v) is 11.6. The summed E-state index contributed by atoms with van der Waals surface area (Å²) in [6, 6.07) is 30.4. The van der Waals surface area contributed by atoms with E-state index in [1.165, 1.54) is 11.1 Å². The van der Waals surface area contributed by atoms with E-state index >= 15 is 0 Å². The van der Waals surface area contributed by atoms with Gasteiger partial charge in [0.2, 0.25) is 10.0 Å². The Bertz CT molecular complexity index is 1290. The third kappa shape index (κ3) is 6.27. The zero-order valence-electron chi connectivity index (χ0n) is 20.6. The Hall–Kier alpha value is -3.22. The molecule has 1 N–H and O–H groups in total. The van der Waals surface area contributed by atoms with Crippen molar-refractivity contribution >= 4 is 10.0 Å². The molecule has 0 fully saturated rings. The van der Waals surface area contributed by atoms with Crippen molar-refractivity contribution in [1.29, 1.82) is 0 Å². The monoisotopic (exact) mass is 487 g/mol.